The molecule has 1 aromatic heterocycles. The number of aryl methyl sites for hydroxylation is 2. The van der Waals surface area contributed by atoms with E-state index in [1.54, 1.807) is 0 Å². The number of aromatic nitrogens is 2. The van der Waals surface area contributed by atoms with E-state index in [1.807, 2.05) is 26.8 Å². The van der Waals surface area contributed by atoms with Crippen molar-refractivity contribution in [2.24, 2.45) is 11.0 Å². The van der Waals surface area contributed by atoms with Crippen molar-refractivity contribution in [1.29, 1.82) is 0 Å². The molecule has 0 saturated heterocycles. The van der Waals surface area contributed by atoms with E-state index in [0.29, 0.717) is 5.95 Å². The van der Waals surface area contributed by atoms with Crippen LogP contribution in [0.1, 0.15) is 44.5 Å². The van der Waals surface area contributed by atoms with E-state index in [2.05, 4.69) is 22.0 Å². The highest BCUT2D eigenvalue weighted by molar-refractivity contribution is 6.14. The summed E-state index contributed by atoms with van der Waals surface area (Å²) in [6.07, 6.45) is 2.97. The Morgan fingerprint density at radius 2 is 1.84 bits per heavy atom. The fourth-order valence-corrected chi connectivity index (χ4v) is 2.29. The van der Waals surface area contributed by atoms with Crippen LogP contribution in [0.3, 0.4) is 0 Å². The predicted octanol–water partition coefficient (Wildman–Crippen LogP) is 2.62. The molecule has 2 rings (SSSR count). The second-order valence-electron chi connectivity index (χ2n) is 5.04. The Labute approximate surface area is 113 Å². The maximum Gasteiger partial charge on any atom is 0.258 e. The maximum absolute atomic E-state index is 12.4. The average Bonchev–Trinajstić information content (AvgIpc) is 2.61. The number of amides is 1. The van der Waals surface area contributed by atoms with Crippen LogP contribution in [0.4, 0.5) is 5.95 Å². The monoisotopic (exact) mass is 260 g/mol. The van der Waals surface area contributed by atoms with Crippen LogP contribution in [0.25, 0.3) is 0 Å². The van der Waals surface area contributed by atoms with Crippen molar-refractivity contribution in [3.05, 3.63) is 17.5 Å². The molecule has 0 radical (unpaired) electrons. The number of anilines is 1. The van der Waals surface area contributed by atoms with E-state index in [4.69, 9.17) is 0 Å². The Hall–Kier alpha value is -1.78. The Morgan fingerprint density at radius 3 is 2.42 bits per heavy atom. The molecular formula is C14H20N4O. The lowest BCUT2D eigenvalue weighted by atomic mass is 9.98. The van der Waals surface area contributed by atoms with Crippen LogP contribution < -0.4 is 5.01 Å². The van der Waals surface area contributed by atoms with E-state index in [1.165, 1.54) is 5.01 Å². The van der Waals surface area contributed by atoms with Crippen LogP contribution in [0.5, 0.6) is 0 Å². The van der Waals surface area contributed by atoms with Crippen molar-refractivity contribution >= 4 is 17.6 Å². The van der Waals surface area contributed by atoms with Gasteiger partial charge in [-0.15, -0.1) is 0 Å². The lowest BCUT2D eigenvalue weighted by Crippen LogP contribution is -2.28. The first-order valence-electron chi connectivity index (χ1n) is 6.74. The molecule has 0 N–H and O–H groups in total. The SMILES string of the molecule is CCCCC1C(=O)N(c2nc(C)cc(C)n2)N=C1C. The number of nitrogens with zero attached hydrogens (tertiary/aromatic N) is 4. The first-order valence-corrected chi connectivity index (χ1v) is 6.74. The number of carbonyl (C=O) groups is 1. The van der Waals surface area contributed by atoms with Gasteiger partial charge in [0.2, 0.25) is 0 Å². The topological polar surface area (TPSA) is 58.5 Å². The van der Waals surface area contributed by atoms with Gasteiger partial charge in [0.15, 0.2) is 0 Å². The third-order valence-electron chi connectivity index (χ3n) is 3.28. The summed E-state index contributed by atoms with van der Waals surface area (Å²) in [5, 5.41) is 5.69. The highest BCUT2D eigenvalue weighted by atomic mass is 16.2. The van der Waals surface area contributed by atoms with Crippen LogP contribution in [-0.4, -0.2) is 21.6 Å². The van der Waals surface area contributed by atoms with E-state index < -0.39 is 0 Å². The molecule has 5 nitrogen and oxygen atoms in total. The molecule has 0 aromatic carbocycles. The number of rotatable bonds is 4. The standard InChI is InChI=1S/C14H20N4O/c1-5-6-7-12-11(4)17-18(13(12)19)14-15-9(2)8-10(3)16-14/h8,12H,5-7H2,1-4H3. The Kier molecular flexibility index (Phi) is 3.93. The van der Waals surface area contributed by atoms with E-state index in [9.17, 15) is 4.79 Å². The van der Waals surface area contributed by atoms with Crippen LogP contribution in [0.15, 0.2) is 11.2 Å². The van der Waals surface area contributed by atoms with Crippen LogP contribution in [0, 0.1) is 19.8 Å². The Bertz CT molecular complexity index is 504. The zero-order chi connectivity index (χ0) is 14.0. The third kappa shape index (κ3) is 2.80. The number of carbonyl (C=O) groups excluding carboxylic acids is 1. The van der Waals surface area contributed by atoms with Crippen molar-refractivity contribution in [2.75, 3.05) is 5.01 Å². The normalized spacial score (nSPS) is 18.9. The van der Waals surface area contributed by atoms with E-state index in [0.717, 1.165) is 36.4 Å². The summed E-state index contributed by atoms with van der Waals surface area (Å²) in [4.78, 5) is 21.0. The highest BCUT2D eigenvalue weighted by Crippen LogP contribution is 2.24. The van der Waals surface area contributed by atoms with Gasteiger partial charge in [0.25, 0.3) is 11.9 Å². The van der Waals surface area contributed by atoms with Gasteiger partial charge in [-0.05, 0) is 33.3 Å². The molecule has 1 amide bonds. The molecule has 1 aliphatic heterocycles. The average molecular weight is 260 g/mol. The molecule has 0 bridgehead atoms. The third-order valence-corrected chi connectivity index (χ3v) is 3.28. The number of hydrazone groups is 1. The Morgan fingerprint density at radius 1 is 1.21 bits per heavy atom. The smallest absolute Gasteiger partial charge is 0.258 e. The highest BCUT2D eigenvalue weighted by Gasteiger charge is 2.35. The van der Waals surface area contributed by atoms with Gasteiger partial charge in [-0.25, -0.2) is 9.97 Å². The number of hydrogen-bond acceptors (Lipinski definition) is 4. The molecular weight excluding hydrogens is 240 g/mol. The zero-order valence-electron chi connectivity index (χ0n) is 12.0. The summed E-state index contributed by atoms with van der Waals surface area (Å²) in [6.45, 7) is 7.81. The number of hydrogen-bond donors (Lipinski definition) is 0. The summed E-state index contributed by atoms with van der Waals surface area (Å²) in [6, 6.07) is 1.88. The largest absolute Gasteiger partial charge is 0.272 e. The van der Waals surface area contributed by atoms with Crippen LogP contribution in [-0.2, 0) is 4.79 Å². The van der Waals surface area contributed by atoms with Crippen molar-refractivity contribution in [2.45, 2.75) is 47.0 Å². The first-order chi connectivity index (χ1) is 9.02. The Balaban J connectivity index is 2.25. The molecule has 0 fully saturated rings. The van der Waals surface area contributed by atoms with Gasteiger partial charge in [-0.2, -0.15) is 10.1 Å². The summed E-state index contributed by atoms with van der Waals surface area (Å²) in [5.41, 5.74) is 2.56. The molecule has 0 saturated carbocycles. The van der Waals surface area contributed by atoms with Crippen molar-refractivity contribution < 1.29 is 4.79 Å². The van der Waals surface area contributed by atoms with Crippen LogP contribution in [0.2, 0.25) is 0 Å². The summed E-state index contributed by atoms with van der Waals surface area (Å²) in [5.74, 6) is 0.279. The lowest BCUT2D eigenvalue weighted by Gasteiger charge is -2.13. The lowest BCUT2D eigenvalue weighted by molar-refractivity contribution is -0.120. The fraction of sp³-hybridized carbons (Fsp3) is 0.571. The van der Waals surface area contributed by atoms with E-state index in [-0.39, 0.29) is 11.8 Å². The molecule has 1 atom stereocenters. The summed E-state index contributed by atoms with van der Waals surface area (Å²) >= 11 is 0. The van der Waals surface area contributed by atoms with Gasteiger partial charge in [0, 0.05) is 17.1 Å². The molecule has 1 aliphatic rings. The van der Waals surface area contributed by atoms with Gasteiger partial charge in [0.05, 0.1) is 5.92 Å². The van der Waals surface area contributed by atoms with Gasteiger partial charge >= 0.3 is 0 Å². The summed E-state index contributed by atoms with van der Waals surface area (Å²) in [7, 11) is 0. The molecule has 1 aromatic rings. The van der Waals surface area contributed by atoms with Gasteiger partial charge < -0.3 is 0 Å². The quantitative estimate of drug-likeness (QED) is 0.836. The molecule has 0 spiro atoms. The van der Waals surface area contributed by atoms with Crippen molar-refractivity contribution in [3.63, 3.8) is 0 Å². The molecule has 2 heterocycles. The fourth-order valence-electron chi connectivity index (χ4n) is 2.29. The van der Waals surface area contributed by atoms with Gasteiger partial charge in [-0.1, -0.05) is 19.8 Å². The molecule has 0 aliphatic carbocycles. The van der Waals surface area contributed by atoms with E-state index >= 15 is 0 Å². The van der Waals surface area contributed by atoms with Crippen LogP contribution >= 0.6 is 0 Å². The predicted molar refractivity (Wildman–Crippen MR) is 75.1 cm³/mol. The van der Waals surface area contributed by atoms with Gasteiger partial charge in [0.1, 0.15) is 0 Å². The van der Waals surface area contributed by atoms with Crippen molar-refractivity contribution in [3.8, 4) is 0 Å². The molecule has 102 valence electrons. The summed E-state index contributed by atoms with van der Waals surface area (Å²) < 4.78 is 0. The molecule has 19 heavy (non-hydrogen) atoms. The number of unbranched alkanes of at least 4 members (excludes halogenated alkanes) is 1. The minimum absolute atomic E-state index is 0.00375. The maximum atomic E-state index is 12.4. The van der Waals surface area contributed by atoms with Crippen molar-refractivity contribution in [1.82, 2.24) is 9.97 Å². The minimum Gasteiger partial charge on any atom is -0.272 e. The first kappa shape index (κ1) is 13.6. The molecule has 5 heteroatoms. The second kappa shape index (κ2) is 5.47. The second-order valence-corrected chi connectivity index (χ2v) is 5.04. The molecule has 1 unspecified atom stereocenters. The zero-order valence-corrected chi connectivity index (χ0v) is 12.0. The minimum atomic E-state index is -0.107. The van der Waals surface area contributed by atoms with Gasteiger partial charge in [-0.3, -0.25) is 4.79 Å².